The van der Waals surface area contributed by atoms with Crippen LogP contribution in [0.2, 0.25) is 0 Å². The summed E-state index contributed by atoms with van der Waals surface area (Å²) < 4.78 is 10.3. The highest BCUT2D eigenvalue weighted by molar-refractivity contribution is 5.75. The number of aromatic nitrogens is 2. The Balaban J connectivity index is 1.84. The van der Waals surface area contributed by atoms with Crippen LogP contribution >= 0.6 is 0 Å². The van der Waals surface area contributed by atoms with E-state index in [9.17, 15) is 4.79 Å². The van der Waals surface area contributed by atoms with E-state index in [1.165, 1.54) is 0 Å². The van der Waals surface area contributed by atoms with Crippen molar-refractivity contribution in [3.8, 4) is 0 Å². The fraction of sp³-hybridized carbons (Fsp3) is 0.500. The van der Waals surface area contributed by atoms with Crippen LogP contribution < -0.4 is 11.0 Å². The topological polar surface area (TPSA) is 79.1 Å². The quantitative estimate of drug-likeness (QED) is 0.634. The number of hydrogen-bond acceptors (Lipinski definition) is 4. The second-order valence-electron chi connectivity index (χ2n) is 4.67. The van der Waals surface area contributed by atoms with Gasteiger partial charge in [-0.3, -0.25) is 0 Å². The van der Waals surface area contributed by atoms with E-state index in [-0.39, 0.29) is 11.7 Å². The van der Waals surface area contributed by atoms with Crippen LogP contribution in [0.5, 0.6) is 0 Å². The first kappa shape index (κ1) is 14.8. The zero-order valence-corrected chi connectivity index (χ0v) is 11.9. The van der Waals surface area contributed by atoms with Crippen molar-refractivity contribution in [3.63, 3.8) is 0 Å². The molecule has 0 aliphatic rings. The molecule has 0 saturated heterocycles. The third-order valence-corrected chi connectivity index (χ3v) is 3.17. The van der Waals surface area contributed by atoms with Gasteiger partial charge in [0.25, 0.3) is 0 Å². The highest BCUT2D eigenvalue weighted by Crippen LogP contribution is 2.16. The summed E-state index contributed by atoms with van der Waals surface area (Å²) in [5.41, 5.74) is 2.61. The van der Waals surface area contributed by atoms with Gasteiger partial charge in [0.1, 0.15) is 0 Å². The molecular formula is C14H21N3O3. The van der Waals surface area contributed by atoms with E-state index in [1.807, 2.05) is 18.2 Å². The molecule has 0 saturated carbocycles. The van der Waals surface area contributed by atoms with Gasteiger partial charge in [0.05, 0.1) is 30.9 Å². The standard InChI is InChI=1S/C14H21N3O3/c1-10(15-5-6-20-8-7-19-2)11-3-4-12-13(9-11)17-14(18)16-12/h3-4,9-10,15H,5-8H2,1-2H3,(H2,16,17,18). The Bertz CT molecular complexity index is 591. The molecule has 1 heterocycles. The lowest BCUT2D eigenvalue weighted by Gasteiger charge is -2.14. The fourth-order valence-electron chi connectivity index (χ4n) is 2.03. The van der Waals surface area contributed by atoms with Gasteiger partial charge in [0.15, 0.2) is 0 Å². The molecule has 0 aliphatic carbocycles. The molecule has 0 radical (unpaired) electrons. The Kier molecular flexibility index (Phi) is 5.34. The number of benzene rings is 1. The Morgan fingerprint density at radius 3 is 2.80 bits per heavy atom. The molecule has 0 fully saturated rings. The van der Waals surface area contributed by atoms with E-state index in [1.54, 1.807) is 7.11 Å². The van der Waals surface area contributed by atoms with Gasteiger partial charge in [-0.15, -0.1) is 0 Å². The largest absolute Gasteiger partial charge is 0.382 e. The maximum absolute atomic E-state index is 11.2. The van der Waals surface area contributed by atoms with Crippen LogP contribution in [-0.4, -0.2) is 43.4 Å². The van der Waals surface area contributed by atoms with Crippen molar-refractivity contribution < 1.29 is 9.47 Å². The van der Waals surface area contributed by atoms with E-state index >= 15 is 0 Å². The number of ether oxygens (including phenoxy) is 2. The number of H-pyrrole nitrogens is 2. The normalized spacial score (nSPS) is 12.9. The lowest BCUT2D eigenvalue weighted by molar-refractivity contribution is 0.0712. The van der Waals surface area contributed by atoms with Crippen molar-refractivity contribution in [1.82, 2.24) is 15.3 Å². The molecule has 20 heavy (non-hydrogen) atoms. The Morgan fingerprint density at radius 1 is 1.20 bits per heavy atom. The third kappa shape index (κ3) is 3.93. The van der Waals surface area contributed by atoms with E-state index < -0.39 is 0 Å². The van der Waals surface area contributed by atoms with Crippen LogP contribution in [0.1, 0.15) is 18.5 Å². The summed E-state index contributed by atoms with van der Waals surface area (Å²) in [7, 11) is 1.66. The summed E-state index contributed by atoms with van der Waals surface area (Å²) in [5, 5.41) is 3.38. The molecule has 0 amide bonds. The molecule has 2 aromatic rings. The zero-order chi connectivity index (χ0) is 14.4. The molecule has 1 aromatic heterocycles. The van der Waals surface area contributed by atoms with Crippen LogP contribution in [-0.2, 0) is 9.47 Å². The lowest BCUT2D eigenvalue weighted by atomic mass is 10.1. The molecular weight excluding hydrogens is 258 g/mol. The van der Waals surface area contributed by atoms with Crippen LogP contribution in [0.15, 0.2) is 23.0 Å². The summed E-state index contributed by atoms with van der Waals surface area (Å²) >= 11 is 0. The Labute approximate surface area is 117 Å². The maximum atomic E-state index is 11.2. The predicted molar refractivity (Wildman–Crippen MR) is 78.0 cm³/mol. The third-order valence-electron chi connectivity index (χ3n) is 3.17. The maximum Gasteiger partial charge on any atom is 0.323 e. The first-order valence-corrected chi connectivity index (χ1v) is 6.72. The lowest BCUT2D eigenvalue weighted by Crippen LogP contribution is -2.23. The van der Waals surface area contributed by atoms with Gasteiger partial charge in [0.2, 0.25) is 0 Å². The molecule has 1 atom stereocenters. The molecule has 0 bridgehead atoms. The second-order valence-corrected chi connectivity index (χ2v) is 4.67. The molecule has 1 aromatic carbocycles. The van der Waals surface area contributed by atoms with E-state index in [2.05, 4.69) is 22.2 Å². The minimum absolute atomic E-state index is 0.177. The van der Waals surface area contributed by atoms with Crippen molar-refractivity contribution in [3.05, 3.63) is 34.2 Å². The van der Waals surface area contributed by atoms with E-state index in [0.29, 0.717) is 19.8 Å². The van der Waals surface area contributed by atoms with E-state index in [0.717, 1.165) is 23.1 Å². The first-order chi connectivity index (χ1) is 9.70. The number of hydrogen-bond donors (Lipinski definition) is 3. The van der Waals surface area contributed by atoms with Crippen molar-refractivity contribution in [1.29, 1.82) is 0 Å². The molecule has 6 nitrogen and oxygen atoms in total. The summed E-state index contributed by atoms with van der Waals surface area (Å²) in [5.74, 6) is 0. The van der Waals surface area contributed by atoms with Gasteiger partial charge in [-0.05, 0) is 24.6 Å². The van der Waals surface area contributed by atoms with Gasteiger partial charge in [-0.2, -0.15) is 0 Å². The van der Waals surface area contributed by atoms with Gasteiger partial charge in [-0.1, -0.05) is 6.07 Å². The highest BCUT2D eigenvalue weighted by Gasteiger charge is 2.06. The van der Waals surface area contributed by atoms with Gasteiger partial charge in [0, 0.05) is 19.7 Å². The van der Waals surface area contributed by atoms with Crippen LogP contribution in [0.3, 0.4) is 0 Å². The van der Waals surface area contributed by atoms with Crippen molar-refractivity contribution in [2.75, 3.05) is 33.5 Å². The zero-order valence-electron chi connectivity index (χ0n) is 11.9. The number of fused-ring (bicyclic) bond motifs is 1. The average Bonchev–Trinajstić information content (AvgIpc) is 2.81. The summed E-state index contributed by atoms with van der Waals surface area (Å²) in [6.07, 6.45) is 0. The fourth-order valence-corrected chi connectivity index (χ4v) is 2.03. The van der Waals surface area contributed by atoms with Crippen LogP contribution in [0.4, 0.5) is 0 Å². The molecule has 110 valence electrons. The molecule has 6 heteroatoms. The summed E-state index contributed by atoms with van der Waals surface area (Å²) in [6, 6.07) is 6.10. The Hall–Kier alpha value is -1.63. The van der Waals surface area contributed by atoms with Crippen LogP contribution in [0, 0.1) is 0 Å². The Morgan fingerprint density at radius 2 is 2.00 bits per heavy atom. The first-order valence-electron chi connectivity index (χ1n) is 6.72. The van der Waals surface area contributed by atoms with Crippen molar-refractivity contribution >= 4 is 11.0 Å². The van der Waals surface area contributed by atoms with Crippen LogP contribution in [0.25, 0.3) is 11.0 Å². The van der Waals surface area contributed by atoms with Gasteiger partial charge in [-0.25, -0.2) is 4.79 Å². The summed E-state index contributed by atoms with van der Waals surface area (Å²) in [6.45, 7) is 4.74. The van der Waals surface area contributed by atoms with Crippen molar-refractivity contribution in [2.24, 2.45) is 0 Å². The SMILES string of the molecule is COCCOCCNC(C)c1ccc2[nH]c(=O)[nH]c2c1. The molecule has 1 unspecified atom stereocenters. The second kappa shape index (κ2) is 7.23. The monoisotopic (exact) mass is 279 g/mol. The van der Waals surface area contributed by atoms with Gasteiger partial charge < -0.3 is 24.8 Å². The molecule has 3 N–H and O–H groups in total. The number of methoxy groups -OCH3 is 1. The molecule has 2 rings (SSSR count). The molecule has 0 spiro atoms. The number of aromatic amines is 2. The van der Waals surface area contributed by atoms with Crippen molar-refractivity contribution in [2.45, 2.75) is 13.0 Å². The number of imidazole rings is 1. The minimum Gasteiger partial charge on any atom is -0.382 e. The highest BCUT2D eigenvalue weighted by atomic mass is 16.5. The average molecular weight is 279 g/mol. The van der Waals surface area contributed by atoms with E-state index in [4.69, 9.17) is 9.47 Å². The number of rotatable bonds is 8. The predicted octanol–water partition coefficient (Wildman–Crippen LogP) is 1.17. The smallest absolute Gasteiger partial charge is 0.323 e. The van der Waals surface area contributed by atoms with Gasteiger partial charge >= 0.3 is 5.69 Å². The minimum atomic E-state index is -0.177. The number of nitrogens with one attached hydrogen (secondary N) is 3. The summed E-state index contributed by atoms with van der Waals surface area (Å²) in [4.78, 5) is 16.7. The molecule has 0 aliphatic heterocycles.